The summed E-state index contributed by atoms with van der Waals surface area (Å²) < 4.78 is 74.1. The second kappa shape index (κ2) is 11.2. The third kappa shape index (κ3) is 5.52. The van der Waals surface area contributed by atoms with Gasteiger partial charge in [-0.15, -0.1) is 0 Å². The van der Waals surface area contributed by atoms with Crippen molar-refractivity contribution in [1.29, 1.82) is 0 Å². The summed E-state index contributed by atoms with van der Waals surface area (Å²) in [7, 11) is -4.22. The van der Waals surface area contributed by atoms with Gasteiger partial charge in [0.1, 0.15) is 17.1 Å². The number of aliphatic hydroxyl groups is 1. The maximum Gasteiger partial charge on any atom is 0.417 e. The number of hydrogen-bond acceptors (Lipinski definition) is 10. The molecule has 0 atom stereocenters. The van der Waals surface area contributed by atoms with E-state index >= 15 is 8.78 Å². The number of halogens is 2. The fourth-order valence-electron chi connectivity index (χ4n) is 4.60. The summed E-state index contributed by atoms with van der Waals surface area (Å²) in [4.78, 5) is 26.5. The Hall–Kier alpha value is -5.45. The summed E-state index contributed by atoms with van der Waals surface area (Å²) in [5.41, 5.74) is -2.32. The van der Waals surface area contributed by atoms with Crippen molar-refractivity contribution in [1.82, 2.24) is 8.96 Å². The van der Waals surface area contributed by atoms with Crippen molar-refractivity contribution in [3.05, 3.63) is 113 Å². The second-order valence-corrected chi connectivity index (χ2v) is 11.6. The number of amides is 1. The van der Waals surface area contributed by atoms with Gasteiger partial charge < -0.3 is 19.3 Å². The lowest BCUT2D eigenvalue weighted by atomic mass is 9.92. The van der Waals surface area contributed by atoms with Crippen LogP contribution < -0.4 is 14.8 Å². The standard InChI is InChI=1S/C29H20F2N4O9S/c30-22-12-17(33-28(36)43-19-8-6-18(7-9-19)35(38)39)13-23(31)26(22)44-24-10-11-32-27-25(24)21(29(37)15-42-16-29)14-34(27)45(40,41)20-4-2-1-3-5-20/h1-14,37H,15-16H2,(H,33,36). The number of hydrogen-bond donors (Lipinski definition) is 2. The summed E-state index contributed by atoms with van der Waals surface area (Å²) >= 11 is 0. The van der Waals surface area contributed by atoms with Crippen molar-refractivity contribution in [2.24, 2.45) is 0 Å². The van der Waals surface area contributed by atoms with E-state index in [0.29, 0.717) is 0 Å². The first-order chi connectivity index (χ1) is 21.5. The Morgan fingerprint density at radius 1 is 1.07 bits per heavy atom. The molecule has 2 N–H and O–H groups in total. The van der Waals surface area contributed by atoms with E-state index in [2.05, 4.69) is 10.3 Å². The highest BCUT2D eigenvalue weighted by molar-refractivity contribution is 7.90. The van der Waals surface area contributed by atoms with Gasteiger partial charge in [0.15, 0.2) is 23.0 Å². The van der Waals surface area contributed by atoms with Gasteiger partial charge >= 0.3 is 6.09 Å². The minimum absolute atomic E-state index is 0.0181. The molecule has 0 aliphatic carbocycles. The number of nitro groups is 1. The summed E-state index contributed by atoms with van der Waals surface area (Å²) in [6, 6.07) is 14.8. The zero-order chi connectivity index (χ0) is 31.9. The molecule has 5 aromatic rings. The van der Waals surface area contributed by atoms with Crippen molar-refractivity contribution in [2.45, 2.75) is 10.5 Å². The smallest absolute Gasteiger partial charge is 0.417 e. The number of carbonyl (C=O) groups is 1. The average molecular weight is 639 g/mol. The molecule has 2 aromatic heterocycles. The van der Waals surface area contributed by atoms with E-state index in [1.807, 2.05) is 0 Å². The number of carbonyl (C=O) groups excluding carboxylic acids is 1. The van der Waals surface area contributed by atoms with Crippen LogP contribution >= 0.6 is 0 Å². The Morgan fingerprint density at radius 2 is 1.73 bits per heavy atom. The molecule has 16 heteroatoms. The first kappa shape index (κ1) is 29.6. The number of pyridine rings is 1. The van der Waals surface area contributed by atoms with E-state index in [9.17, 15) is 28.4 Å². The van der Waals surface area contributed by atoms with Crippen LogP contribution in [0.15, 0.2) is 90.1 Å². The van der Waals surface area contributed by atoms with Crippen molar-refractivity contribution >= 4 is 38.5 Å². The quantitative estimate of drug-likeness (QED) is 0.172. The number of non-ortho nitro benzene ring substituents is 1. The molecule has 0 spiro atoms. The van der Waals surface area contributed by atoms with Crippen LogP contribution in [0.2, 0.25) is 0 Å². The van der Waals surface area contributed by atoms with Gasteiger partial charge in [0.2, 0.25) is 0 Å². The molecule has 3 aromatic carbocycles. The normalized spacial score (nSPS) is 14.0. The van der Waals surface area contributed by atoms with E-state index < -0.39 is 44.0 Å². The largest absolute Gasteiger partial charge is 0.450 e. The summed E-state index contributed by atoms with van der Waals surface area (Å²) in [6.07, 6.45) is 1.22. The van der Waals surface area contributed by atoms with Crippen molar-refractivity contribution in [2.75, 3.05) is 18.5 Å². The SMILES string of the molecule is O=C(Nc1cc(F)c(Oc2ccnc3c2c(C2(O)COC2)cn3S(=O)(=O)c2ccccc2)c(F)c1)Oc1ccc([N+](=O)[O-])cc1. The Kier molecular flexibility index (Phi) is 7.39. The van der Waals surface area contributed by atoms with E-state index in [-0.39, 0.29) is 57.6 Å². The molecule has 3 heterocycles. The lowest BCUT2D eigenvalue weighted by molar-refractivity contribution is -0.384. The summed E-state index contributed by atoms with van der Waals surface area (Å²) in [5.74, 6) is -3.65. The third-order valence-corrected chi connectivity index (χ3v) is 8.48. The van der Waals surface area contributed by atoms with E-state index in [4.69, 9.17) is 14.2 Å². The van der Waals surface area contributed by atoms with Crippen LogP contribution in [0, 0.1) is 21.7 Å². The first-order valence-corrected chi connectivity index (χ1v) is 14.4. The number of nitro benzene ring substituents is 1. The molecule has 1 saturated heterocycles. The number of nitrogens with zero attached hydrogens (tertiary/aromatic N) is 3. The average Bonchev–Trinajstić information content (AvgIpc) is 3.40. The number of aromatic nitrogens is 2. The van der Waals surface area contributed by atoms with Crippen LogP contribution in [-0.4, -0.2) is 46.7 Å². The van der Waals surface area contributed by atoms with Gasteiger partial charge in [0, 0.05) is 42.2 Å². The van der Waals surface area contributed by atoms with E-state index in [1.165, 1.54) is 54.9 Å². The molecule has 230 valence electrons. The zero-order valence-corrected chi connectivity index (χ0v) is 23.5. The minimum atomic E-state index is -4.22. The van der Waals surface area contributed by atoms with Gasteiger partial charge in [-0.1, -0.05) is 18.2 Å². The number of anilines is 1. The van der Waals surface area contributed by atoms with Crippen molar-refractivity contribution < 1.29 is 46.2 Å². The molecule has 6 rings (SSSR count). The molecule has 13 nitrogen and oxygen atoms in total. The molecule has 0 unspecified atom stereocenters. The van der Waals surface area contributed by atoms with Crippen molar-refractivity contribution in [3.63, 3.8) is 0 Å². The topological polar surface area (TPSA) is 172 Å². The molecule has 1 amide bonds. The van der Waals surface area contributed by atoms with Gasteiger partial charge in [-0.25, -0.2) is 30.9 Å². The fraction of sp³-hybridized carbons (Fsp3) is 0.103. The van der Waals surface area contributed by atoms with Crippen LogP contribution in [0.25, 0.3) is 11.0 Å². The van der Waals surface area contributed by atoms with Gasteiger partial charge in [-0.2, -0.15) is 0 Å². The summed E-state index contributed by atoms with van der Waals surface area (Å²) in [6.45, 7) is -0.351. The molecule has 1 aliphatic rings. The highest BCUT2D eigenvalue weighted by Crippen LogP contribution is 2.42. The Labute approximate surface area is 252 Å². The Morgan fingerprint density at radius 3 is 2.33 bits per heavy atom. The zero-order valence-electron chi connectivity index (χ0n) is 22.7. The monoisotopic (exact) mass is 638 g/mol. The molecule has 0 saturated carbocycles. The molecular formula is C29H20F2N4O9S. The molecule has 0 radical (unpaired) electrons. The second-order valence-electron chi connectivity index (χ2n) is 9.83. The number of nitrogens with one attached hydrogen (secondary N) is 1. The van der Waals surface area contributed by atoms with Gasteiger partial charge in [0.25, 0.3) is 15.7 Å². The van der Waals surface area contributed by atoms with Crippen LogP contribution in [0.3, 0.4) is 0 Å². The lowest BCUT2D eigenvalue weighted by Crippen LogP contribution is -2.46. The van der Waals surface area contributed by atoms with Crippen LogP contribution in [0.4, 0.5) is 25.0 Å². The Bertz CT molecular complexity index is 2040. The molecule has 1 aliphatic heterocycles. The number of benzene rings is 3. The highest BCUT2D eigenvalue weighted by Gasteiger charge is 2.42. The maximum absolute atomic E-state index is 15.2. The number of rotatable bonds is 8. The number of fused-ring (bicyclic) bond motifs is 1. The third-order valence-electron chi connectivity index (χ3n) is 6.82. The van der Waals surface area contributed by atoms with Crippen LogP contribution in [0.1, 0.15) is 5.56 Å². The highest BCUT2D eigenvalue weighted by atomic mass is 32.2. The van der Waals surface area contributed by atoms with E-state index in [1.54, 1.807) is 6.07 Å². The van der Waals surface area contributed by atoms with Crippen LogP contribution in [-0.2, 0) is 20.4 Å². The van der Waals surface area contributed by atoms with Gasteiger partial charge in [-0.05, 0) is 30.3 Å². The first-order valence-electron chi connectivity index (χ1n) is 13.0. The molecule has 1 fully saturated rings. The maximum atomic E-state index is 15.2. The Balaban J connectivity index is 1.32. The lowest BCUT2D eigenvalue weighted by Gasteiger charge is -2.36. The molecule has 45 heavy (non-hydrogen) atoms. The molecular weight excluding hydrogens is 618 g/mol. The van der Waals surface area contributed by atoms with Crippen LogP contribution in [0.5, 0.6) is 17.2 Å². The minimum Gasteiger partial charge on any atom is -0.450 e. The predicted octanol–water partition coefficient (Wildman–Crippen LogP) is 5.08. The van der Waals surface area contributed by atoms with E-state index in [0.717, 1.165) is 28.2 Å². The predicted molar refractivity (Wildman–Crippen MR) is 153 cm³/mol. The molecule has 0 bridgehead atoms. The van der Waals surface area contributed by atoms with Crippen molar-refractivity contribution in [3.8, 4) is 17.2 Å². The summed E-state index contributed by atoms with van der Waals surface area (Å²) in [5, 5.41) is 24.1. The van der Waals surface area contributed by atoms with Gasteiger partial charge in [-0.3, -0.25) is 15.4 Å². The number of ether oxygens (including phenoxy) is 3. The fourth-order valence-corrected chi connectivity index (χ4v) is 5.94. The van der Waals surface area contributed by atoms with Gasteiger partial charge in [0.05, 0.1) is 34.1 Å².